The van der Waals surface area contributed by atoms with E-state index >= 15 is 0 Å². The van der Waals surface area contributed by atoms with Gasteiger partial charge >= 0.3 is 13.1 Å². The lowest BCUT2D eigenvalue weighted by Crippen LogP contribution is -2.41. The first-order valence-corrected chi connectivity index (χ1v) is 7.86. The molecule has 1 aromatic rings. The molecule has 0 spiro atoms. The molecule has 1 aliphatic heterocycles. The van der Waals surface area contributed by atoms with Crippen LogP contribution < -0.4 is 5.46 Å². The molecule has 0 amide bonds. The minimum Gasteiger partial charge on any atom is -0.462 e. The number of halogens is 2. The van der Waals surface area contributed by atoms with Crippen molar-refractivity contribution in [3.8, 4) is 0 Å². The van der Waals surface area contributed by atoms with E-state index in [2.05, 4.69) is 0 Å². The van der Waals surface area contributed by atoms with E-state index in [0.717, 1.165) is 0 Å². The Morgan fingerprint density at radius 2 is 1.59 bits per heavy atom. The molecule has 120 valence electrons. The van der Waals surface area contributed by atoms with E-state index in [1.807, 2.05) is 27.7 Å². The van der Waals surface area contributed by atoms with Crippen LogP contribution in [0.3, 0.4) is 0 Å². The molecule has 1 heterocycles. The molecule has 0 saturated carbocycles. The van der Waals surface area contributed by atoms with E-state index in [1.165, 1.54) is 12.1 Å². The zero-order chi connectivity index (χ0) is 16.7. The van der Waals surface area contributed by atoms with Crippen LogP contribution in [0.15, 0.2) is 12.1 Å². The van der Waals surface area contributed by atoms with E-state index in [1.54, 1.807) is 6.92 Å². The first-order valence-electron chi connectivity index (χ1n) is 7.11. The quantitative estimate of drug-likeness (QED) is 0.622. The molecule has 0 aromatic heterocycles. The molecular formula is C15H19BCl2O4. The standard InChI is InChI=1S/C15H19BCl2O4/c1-6-20-13(19)9-7-10(17)12(11(18)8-9)16-21-14(2,3)15(4,5)22-16/h7-8H,6H2,1-5H3. The lowest BCUT2D eigenvalue weighted by molar-refractivity contribution is 0.00578. The number of ether oxygens (including phenoxy) is 1. The van der Waals surface area contributed by atoms with E-state index in [0.29, 0.717) is 21.1 Å². The van der Waals surface area contributed by atoms with Crippen molar-refractivity contribution in [1.29, 1.82) is 0 Å². The maximum Gasteiger partial charge on any atom is 0.497 e. The molecule has 1 fully saturated rings. The normalized spacial score (nSPS) is 19.3. The summed E-state index contributed by atoms with van der Waals surface area (Å²) in [6, 6.07) is 3.04. The summed E-state index contributed by atoms with van der Waals surface area (Å²) in [5.74, 6) is -0.466. The predicted octanol–water partition coefficient (Wildman–Crippen LogP) is 3.47. The van der Waals surface area contributed by atoms with Crippen LogP contribution in [0.4, 0.5) is 0 Å². The molecule has 1 aliphatic rings. The number of rotatable bonds is 3. The average Bonchev–Trinajstić information content (AvgIpc) is 2.57. The second kappa shape index (κ2) is 6.04. The fraction of sp³-hybridized carbons (Fsp3) is 0.533. The summed E-state index contributed by atoms with van der Waals surface area (Å²) < 4.78 is 16.9. The zero-order valence-electron chi connectivity index (χ0n) is 13.3. The summed E-state index contributed by atoms with van der Waals surface area (Å²) in [5.41, 5.74) is -0.166. The second-order valence-electron chi connectivity index (χ2n) is 6.16. The Kier molecular flexibility index (Phi) is 4.84. The van der Waals surface area contributed by atoms with Gasteiger partial charge in [-0.05, 0) is 46.8 Å². The number of hydrogen-bond donors (Lipinski definition) is 0. The molecule has 2 rings (SSSR count). The molecule has 0 unspecified atom stereocenters. The van der Waals surface area contributed by atoms with Gasteiger partial charge in [-0.3, -0.25) is 0 Å². The Morgan fingerprint density at radius 3 is 2.00 bits per heavy atom. The number of esters is 1. The maximum atomic E-state index is 11.8. The number of benzene rings is 1. The highest BCUT2D eigenvalue weighted by molar-refractivity contribution is 6.69. The Morgan fingerprint density at radius 1 is 1.14 bits per heavy atom. The van der Waals surface area contributed by atoms with Crippen LogP contribution in [0.25, 0.3) is 0 Å². The van der Waals surface area contributed by atoms with Gasteiger partial charge in [-0.1, -0.05) is 23.2 Å². The van der Waals surface area contributed by atoms with Crippen LogP contribution >= 0.6 is 23.2 Å². The van der Waals surface area contributed by atoms with Gasteiger partial charge in [0.1, 0.15) is 0 Å². The van der Waals surface area contributed by atoms with Crippen molar-refractivity contribution in [2.75, 3.05) is 6.61 Å². The van der Waals surface area contributed by atoms with Crippen molar-refractivity contribution in [2.45, 2.75) is 45.8 Å². The monoisotopic (exact) mass is 344 g/mol. The molecule has 1 aromatic carbocycles. The summed E-state index contributed by atoms with van der Waals surface area (Å²) >= 11 is 12.6. The third-order valence-corrected chi connectivity index (χ3v) is 4.70. The summed E-state index contributed by atoms with van der Waals surface area (Å²) in [7, 11) is -0.679. The van der Waals surface area contributed by atoms with Crippen LogP contribution in [0.5, 0.6) is 0 Å². The van der Waals surface area contributed by atoms with Crippen molar-refractivity contribution < 1.29 is 18.8 Å². The first-order chi connectivity index (χ1) is 10.1. The van der Waals surface area contributed by atoms with E-state index in [4.69, 9.17) is 37.2 Å². The third-order valence-electron chi connectivity index (χ3n) is 4.08. The van der Waals surface area contributed by atoms with Crippen molar-refractivity contribution in [3.05, 3.63) is 27.7 Å². The van der Waals surface area contributed by atoms with Gasteiger partial charge in [0, 0.05) is 15.5 Å². The molecule has 0 radical (unpaired) electrons. The average molecular weight is 345 g/mol. The highest BCUT2D eigenvalue weighted by Gasteiger charge is 2.52. The van der Waals surface area contributed by atoms with Crippen LogP contribution in [0, 0.1) is 0 Å². The van der Waals surface area contributed by atoms with Crippen LogP contribution in [0.1, 0.15) is 45.0 Å². The summed E-state index contributed by atoms with van der Waals surface area (Å²) in [6.45, 7) is 9.81. The van der Waals surface area contributed by atoms with Crippen molar-refractivity contribution >= 4 is 41.8 Å². The molecule has 4 nitrogen and oxygen atoms in total. The molecule has 0 aliphatic carbocycles. The van der Waals surface area contributed by atoms with Crippen molar-refractivity contribution in [2.24, 2.45) is 0 Å². The lowest BCUT2D eigenvalue weighted by Gasteiger charge is -2.32. The fourth-order valence-corrected chi connectivity index (χ4v) is 2.77. The van der Waals surface area contributed by atoms with Gasteiger partial charge in [-0.15, -0.1) is 0 Å². The fourth-order valence-electron chi connectivity index (χ4n) is 2.10. The number of carbonyl (C=O) groups is 1. The third kappa shape index (κ3) is 3.13. The Balaban J connectivity index is 2.36. The van der Waals surface area contributed by atoms with Gasteiger partial charge < -0.3 is 14.0 Å². The van der Waals surface area contributed by atoms with Crippen LogP contribution in [-0.2, 0) is 14.0 Å². The molecule has 7 heteroatoms. The van der Waals surface area contributed by atoms with Crippen LogP contribution in [0.2, 0.25) is 10.0 Å². The predicted molar refractivity (Wildman–Crippen MR) is 88.1 cm³/mol. The lowest BCUT2D eigenvalue weighted by atomic mass is 9.78. The topological polar surface area (TPSA) is 44.8 Å². The Labute approximate surface area is 141 Å². The van der Waals surface area contributed by atoms with Gasteiger partial charge in [0.05, 0.1) is 23.4 Å². The first kappa shape index (κ1) is 17.6. The van der Waals surface area contributed by atoms with Crippen molar-refractivity contribution in [1.82, 2.24) is 0 Å². The maximum absolute atomic E-state index is 11.8. The van der Waals surface area contributed by atoms with Crippen molar-refractivity contribution in [3.63, 3.8) is 0 Å². The highest BCUT2D eigenvalue weighted by Crippen LogP contribution is 2.37. The SMILES string of the molecule is CCOC(=O)c1cc(Cl)c(B2OC(C)(C)C(C)(C)O2)c(Cl)c1. The zero-order valence-corrected chi connectivity index (χ0v) is 14.8. The summed E-state index contributed by atoms with van der Waals surface area (Å²) in [6.07, 6.45) is 0. The largest absolute Gasteiger partial charge is 0.497 e. The number of hydrogen-bond acceptors (Lipinski definition) is 4. The van der Waals surface area contributed by atoms with E-state index in [9.17, 15) is 4.79 Å². The van der Waals surface area contributed by atoms with Crippen LogP contribution in [-0.4, -0.2) is 30.9 Å². The van der Waals surface area contributed by atoms with Gasteiger partial charge in [0.2, 0.25) is 0 Å². The molecular weight excluding hydrogens is 326 g/mol. The second-order valence-corrected chi connectivity index (χ2v) is 6.98. The molecule has 0 N–H and O–H groups in total. The molecule has 1 saturated heterocycles. The summed E-state index contributed by atoms with van der Waals surface area (Å²) in [5, 5.41) is 0.628. The van der Waals surface area contributed by atoms with E-state index < -0.39 is 24.3 Å². The number of carbonyl (C=O) groups excluding carboxylic acids is 1. The Bertz CT molecular complexity index is 562. The molecule has 0 atom stereocenters. The molecule has 0 bridgehead atoms. The highest BCUT2D eigenvalue weighted by atomic mass is 35.5. The summed E-state index contributed by atoms with van der Waals surface area (Å²) in [4.78, 5) is 11.8. The smallest absolute Gasteiger partial charge is 0.462 e. The van der Waals surface area contributed by atoms with Gasteiger partial charge in [-0.25, -0.2) is 4.79 Å². The minimum atomic E-state index is -0.679. The van der Waals surface area contributed by atoms with Gasteiger partial charge in [0.15, 0.2) is 0 Å². The minimum absolute atomic E-state index is 0.285. The van der Waals surface area contributed by atoms with Gasteiger partial charge in [-0.2, -0.15) is 0 Å². The van der Waals surface area contributed by atoms with E-state index in [-0.39, 0.29) is 6.61 Å². The molecule has 22 heavy (non-hydrogen) atoms. The van der Waals surface area contributed by atoms with Gasteiger partial charge in [0.25, 0.3) is 0 Å². The Hall–Kier alpha value is -0.745.